The van der Waals surface area contributed by atoms with Crippen LogP contribution < -0.4 is 9.80 Å². The normalized spacial score (nSPS) is 16.0. The minimum absolute atomic E-state index is 0.240. The third kappa shape index (κ3) is 5.31. The number of esters is 1. The molecule has 0 saturated carbocycles. The molecule has 8 heteroatoms. The molecule has 3 aromatic rings. The van der Waals surface area contributed by atoms with Gasteiger partial charge >= 0.3 is 5.97 Å². The molecule has 3 aromatic carbocycles. The van der Waals surface area contributed by atoms with Crippen LogP contribution in [-0.2, 0) is 14.3 Å². The van der Waals surface area contributed by atoms with Crippen molar-refractivity contribution in [2.75, 3.05) is 36.0 Å². The SMILES string of the molecule is CC(C)OC(=O)c1ccc(N2C(=O)C(Sc3ccccc3)=C(N3CCN(c4ccccc4)CC3)C2=O)cc1. The van der Waals surface area contributed by atoms with E-state index in [1.165, 1.54) is 16.7 Å². The van der Waals surface area contributed by atoms with E-state index in [1.807, 2.05) is 53.4 Å². The summed E-state index contributed by atoms with van der Waals surface area (Å²) in [5.74, 6) is -1.15. The van der Waals surface area contributed by atoms with E-state index in [9.17, 15) is 14.4 Å². The zero-order chi connectivity index (χ0) is 26.6. The molecule has 5 rings (SSSR count). The van der Waals surface area contributed by atoms with Gasteiger partial charge in [-0.25, -0.2) is 9.69 Å². The van der Waals surface area contributed by atoms with Crippen molar-refractivity contribution in [2.45, 2.75) is 24.8 Å². The number of imide groups is 1. The number of para-hydroxylation sites is 1. The number of nitrogens with zero attached hydrogens (tertiary/aromatic N) is 3. The zero-order valence-corrected chi connectivity index (χ0v) is 22.2. The van der Waals surface area contributed by atoms with Gasteiger partial charge in [0.25, 0.3) is 11.8 Å². The van der Waals surface area contributed by atoms with Crippen molar-refractivity contribution in [3.8, 4) is 0 Å². The van der Waals surface area contributed by atoms with E-state index in [0.717, 1.165) is 23.7 Å². The van der Waals surface area contributed by atoms with Crippen LogP contribution in [0.15, 0.2) is 100 Å². The first-order chi connectivity index (χ1) is 18.4. The molecule has 194 valence electrons. The summed E-state index contributed by atoms with van der Waals surface area (Å²) in [6, 6.07) is 26.2. The van der Waals surface area contributed by atoms with Crippen molar-refractivity contribution in [1.29, 1.82) is 0 Å². The van der Waals surface area contributed by atoms with Crippen molar-refractivity contribution in [2.24, 2.45) is 0 Å². The Labute approximate surface area is 226 Å². The lowest BCUT2D eigenvalue weighted by Gasteiger charge is -2.37. The molecule has 0 radical (unpaired) electrons. The van der Waals surface area contributed by atoms with Gasteiger partial charge < -0.3 is 14.5 Å². The minimum atomic E-state index is -0.443. The Morgan fingerprint density at radius 3 is 1.92 bits per heavy atom. The summed E-state index contributed by atoms with van der Waals surface area (Å²) in [4.78, 5) is 46.6. The summed E-state index contributed by atoms with van der Waals surface area (Å²) < 4.78 is 5.26. The van der Waals surface area contributed by atoms with Gasteiger partial charge in [0.05, 0.1) is 17.4 Å². The molecule has 1 saturated heterocycles. The average Bonchev–Trinajstić information content (AvgIpc) is 3.18. The maximum atomic E-state index is 13.8. The third-order valence-electron chi connectivity index (χ3n) is 6.40. The molecule has 2 aliphatic heterocycles. The number of carbonyl (C=O) groups is 3. The molecule has 0 aliphatic carbocycles. The van der Waals surface area contributed by atoms with Crippen LogP contribution in [0.4, 0.5) is 11.4 Å². The highest BCUT2D eigenvalue weighted by Gasteiger charge is 2.43. The number of anilines is 2. The molecule has 2 aliphatic rings. The van der Waals surface area contributed by atoms with Crippen LogP contribution in [0.1, 0.15) is 24.2 Å². The quantitative estimate of drug-likeness (QED) is 0.318. The third-order valence-corrected chi connectivity index (χ3v) is 7.48. The molecule has 7 nitrogen and oxygen atoms in total. The number of ether oxygens (including phenoxy) is 1. The van der Waals surface area contributed by atoms with Crippen molar-refractivity contribution < 1.29 is 19.1 Å². The van der Waals surface area contributed by atoms with Gasteiger partial charge in [-0.1, -0.05) is 48.2 Å². The summed E-state index contributed by atoms with van der Waals surface area (Å²) in [6.07, 6.45) is -0.240. The largest absolute Gasteiger partial charge is 0.459 e. The molecule has 1 fully saturated rings. The van der Waals surface area contributed by atoms with Crippen molar-refractivity contribution in [1.82, 2.24) is 4.90 Å². The molecular weight excluding hydrogens is 498 g/mol. The highest BCUT2D eigenvalue weighted by Crippen LogP contribution is 2.39. The fraction of sp³-hybridized carbons (Fsp3) is 0.233. The van der Waals surface area contributed by atoms with E-state index in [-0.39, 0.29) is 17.9 Å². The molecule has 2 amide bonds. The molecule has 2 heterocycles. The Morgan fingerprint density at radius 1 is 0.737 bits per heavy atom. The van der Waals surface area contributed by atoms with E-state index in [4.69, 9.17) is 4.74 Å². The van der Waals surface area contributed by atoms with Crippen LogP contribution in [-0.4, -0.2) is 55.0 Å². The van der Waals surface area contributed by atoms with Gasteiger partial charge in [0.15, 0.2) is 0 Å². The van der Waals surface area contributed by atoms with Crippen LogP contribution in [0.25, 0.3) is 0 Å². The summed E-state index contributed by atoms with van der Waals surface area (Å²) >= 11 is 1.31. The summed E-state index contributed by atoms with van der Waals surface area (Å²) in [6.45, 7) is 6.29. The molecule has 0 bridgehead atoms. The van der Waals surface area contributed by atoms with Crippen molar-refractivity contribution >= 4 is 40.9 Å². The average molecular weight is 528 g/mol. The highest BCUT2D eigenvalue weighted by atomic mass is 32.2. The van der Waals surface area contributed by atoms with E-state index in [1.54, 1.807) is 38.1 Å². The number of benzene rings is 3. The van der Waals surface area contributed by atoms with Gasteiger partial charge in [0, 0.05) is 36.8 Å². The predicted octanol–water partition coefficient (Wildman–Crippen LogP) is 4.95. The Hall–Kier alpha value is -4.04. The number of hydrogen-bond acceptors (Lipinski definition) is 7. The predicted molar refractivity (Wildman–Crippen MR) is 149 cm³/mol. The number of rotatable bonds is 7. The van der Waals surface area contributed by atoms with E-state index >= 15 is 0 Å². The first-order valence-corrected chi connectivity index (χ1v) is 13.5. The molecular formula is C30H29N3O4S. The molecule has 38 heavy (non-hydrogen) atoms. The van der Waals surface area contributed by atoms with Crippen LogP contribution in [0, 0.1) is 0 Å². The fourth-order valence-corrected chi connectivity index (χ4v) is 5.59. The second-order valence-electron chi connectivity index (χ2n) is 9.35. The van der Waals surface area contributed by atoms with Gasteiger partial charge in [-0.05, 0) is 62.4 Å². The lowest BCUT2D eigenvalue weighted by Crippen LogP contribution is -2.47. The van der Waals surface area contributed by atoms with E-state index in [0.29, 0.717) is 34.9 Å². The Balaban J connectivity index is 1.41. The van der Waals surface area contributed by atoms with Crippen molar-refractivity contribution in [3.63, 3.8) is 0 Å². The Kier molecular flexibility index (Phi) is 7.51. The molecule has 0 spiro atoms. The summed E-state index contributed by atoms with van der Waals surface area (Å²) in [5.41, 5.74) is 2.36. The van der Waals surface area contributed by atoms with Crippen LogP contribution in [0.3, 0.4) is 0 Å². The standard InChI is InChI=1S/C30H29N3O4S/c1-21(2)37-30(36)22-13-15-24(16-14-22)33-28(34)26(27(29(33)35)38-25-11-7-4-8-12-25)32-19-17-31(18-20-32)23-9-5-3-6-10-23/h3-16,21H,17-20H2,1-2H3. The van der Waals surface area contributed by atoms with E-state index < -0.39 is 5.97 Å². The monoisotopic (exact) mass is 527 g/mol. The Bertz CT molecular complexity index is 1350. The molecule has 0 atom stereocenters. The molecule has 0 unspecified atom stereocenters. The second kappa shape index (κ2) is 11.1. The van der Waals surface area contributed by atoms with Gasteiger partial charge in [-0.15, -0.1) is 0 Å². The maximum Gasteiger partial charge on any atom is 0.338 e. The highest BCUT2D eigenvalue weighted by molar-refractivity contribution is 8.04. The molecule has 0 aromatic heterocycles. The number of amides is 2. The minimum Gasteiger partial charge on any atom is -0.459 e. The van der Waals surface area contributed by atoms with E-state index in [2.05, 4.69) is 17.0 Å². The van der Waals surface area contributed by atoms with Crippen molar-refractivity contribution in [3.05, 3.63) is 101 Å². The Morgan fingerprint density at radius 2 is 1.32 bits per heavy atom. The first kappa shape index (κ1) is 25.6. The van der Waals surface area contributed by atoms with Gasteiger partial charge in [-0.2, -0.15) is 0 Å². The summed E-state index contributed by atoms with van der Waals surface area (Å²) in [5, 5.41) is 0. The van der Waals surface area contributed by atoms with Crippen LogP contribution >= 0.6 is 11.8 Å². The first-order valence-electron chi connectivity index (χ1n) is 12.6. The lowest BCUT2D eigenvalue weighted by atomic mass is 10.2. The number of carbonyl (C=O) groups excluding carboxylic acids is 3. The number of hydrogen-bond donors (Lipinski definition) is 0. The van der Waals surface area contributed by atoms with Crippen LogP contribution in [0.2, 0.25) is 0 Å². The molecule has 0 N–H and O–H groups in total. The number of thioether (sulfide) groups is 1. The van der Waals surface area contributed by atoms with Gasteiger partial charge in [-0.3, -0.25) is 9.59 Å². The maximum absolute atomic E-state index is 13.8. The van der Waals surface area contributed by atoms with Gasteiger partial charge in [0.2, 0.25) is 0 Å². The zero-order valence-electron chi connectivity index (χ0n) is 21.4. The van der Waals surface area contributed by atoms with Crippen LogP contribution in [0.5, 0.6) is 0 Å². The van der Waals surface area contributed by atoms with Gasteiger partial charge in [0.1, 0.15) is 10.6 Å². The smallest absolute Gasteiger partial charge is 0.338 e. The number of piperazine rings is 1. The topological polar surface area (TPSA) is 70.2 Å². The second-order valence-corrected chi connectivity index (χ2v) is 10.4. The fourth-order valence-electron chi connectivity index (χ4n) is 4.57. The lowest BCUT2D eigenvalue weighted by molar-refractivity contribution is -0.121. The summed E-state index contributed by atoms with van der Waals surface area (Å²) in [7, 11) is 0.